The SMILES string of the molecule is CCCCC(Nc1nc(CCC)ns1)C(=O)O. The number of nitrogens with one attached hydrogen (secondary N) is 1. The van der Waals surface area contributed by atoms with E-state index in [2.05, 4.69) is 21.6 Å². The number of aryl methyl sites for hydroxylation is 1. The molecule has 0 aliphatic carbocycles. The van der Waals surface area contributed by atoms with Gasteiger partial charge in [0.15, 0.2) is 0 Å². The van der Waals surface area contributed by atoms with E-state index < -0.39 is 12.0 Å². The second-order valence-electron chi connectivity index (χ2n) is 3.94. The molecule has 0 fully saturated rings. The molecular weight excluding hydrogens is 238 g/mol. The highest BCUT2D eigenvalue weighted by Gasteiger charge is 2.18. The third kappa shape index (κ3) is 4.68. The highest BCUT2D eigenvalue weighted by atomic mass is 32.1. The van der Waals surface area contributed by atoms with E-state index in [4.69, 9.17) is 5.11 Å². The normalized spacial score (nSPS) is 12.4. The van der Waals surface area contributed by atoms with Crippen LogP contribution in [0.15, 0.2) is 0 Å². The Morgan fingerprint density at radius 2 is 2.24 bits per heavy atom. The van der Waals surface area contributed by atoms with Crippen molar-refractivity contribution in [3.05, 3.63) is 5.82 Å². The van der Waals surface area contributed by atoms with Crippen LogP contribution in [-0.4, -0.2) is 26.5 Å². The Morgan fingerprint density at radius 1 is 1.47 bits per heavy atom. The lowest BCUT2D eigenvalue weighted by Gasteiger charge is -2.12. The summed E-state index contributed by atoms with van der Waals surface area (Å²) in [7, 11) is 0. The molecule has 0 saturated carbocycles. The lowest BCUT2D eigenvalue weighted by molar-refractivity contribution is -0.138. The van der Waals surface area contributed by atoms with Gasteiger partial charge in [-0.3, -0.25) is 0 Å². The van der Waals surface area contributed by atoms with Gasteiger partial charge in [0.1, 0.15) is 11.9 Å². The zero-order valence-corrected chi connectivity index (χ0v) is 11.1. The molecule has 0 aliphatic heterocycles. The van der Waals surface area contributed by atoms with E-state index in [0.717, 1.165) is 31.5 Å². The Kier molecular flexibility index (Phi) is 5.90. The van der Waals surface area contributed by atoms with Crippen molar-refractivity contribution in [1.82, 2.24) is 9.36 Å². The topological polar surface area (TPSA) is 75.1 Å². The average molecular weight is 257 g/mol. The van der Waals surface area contributed by atoms with Gasteiger partial charge < -0.3 is 10.4 Å². The Balaban J connectivity index is 2.55. The molecule has 1 heterocycles. The van der Waals surface area contributed by atoms with Gasteiger partial charge in [-0.2, -0.15) is 4.37 Å². The minimum Gasteiger partial charge on any atom is -0.480 e. The number of nitrogens with zero attached hydrogens (tertiary/aromatic N) is 2. The summed E-state index contributed by atoms with van der Waals surface area (Å²) < 4.78 is 4.17. The number of carboxylic acid groups (broad SMARTS) is 1. The molecule has 17 heavy (non-hydrogen) atoms. The summed E-state index contributed by atoms with van der Waals surface area (Å²) in [5, 5.41) is 12.6. The smallest absolute Gasteiger partial charge is 0.326 e. The van der Waals surface area contributed by atoms with Gasteiger partial charge >= 0.3 is 5.97 Å². The number of aromatic nitrogens is 2. The van der Waals surface area contributed by atoms with E-state index in [1.807, 2.05) is 6.92 Å². The van der Waals surface area contributed by atoms with Crippen LogP contribution in [0.5, 0.6) is 0 Å². The van der Waals surface area contributed by atoms with Crippen molar-refractivity contribution in [2.75, 3.05) is 5.32 Å². The van der Waals surface area contributed by atoms with E-state index in [0.29, 0.717) is 11.6 Å². The second kappa shape index (κ2) is 7.21. The standard InChI is InChI=1S/C11H19N3O2S/c1-3-5-7-8(10(15)16)12-11-13-9(6-4-2)14-17-11/h8H,3-7H2,1-2H3,(H,15,16)(H,12,13,14). The minimum atomic E-state index is -0.828. The van der Waals surface area contributed by atoms with Crippen LogP contribution >= 0.6 is 11.5 Å². The molecule has 1 rings (SSSR count). The van der Waals surface area contributed by atoms with Gasteiger partial charge in [-0.15, -0.1) is 0 Å². The van der Waals surface area contributed by atoms with Gasteiger partial charge in [0.05, 0.1) is 0 Å². The van der Waals surface area contributed by atoms with Crippen LogP contribution in [-0.2, 0) is 11.2 Å². The highest BCUT2D eigenvalue weighted by molar-refractivity contribution is 7.09. The van der Waals surface area contributed by atoms with Gasteiger partial charge in [0.25, 0.3) is 0 Å². The summed E-state index contributed by atoms with van der Waals surface area (Å²) in [5.74, 6) is -0.0367. The van der Waals surface area contributed by atoms with Crippen molar-refractivity contribution in [1.29, 1.82) is 0 Å². The van der Waals surface area contributed by atoms with Gasteiger partial charge in [-0.25, -0.2) is 9.78 Å². The number of anilines is 1. The largest absolute Gasteiger partial charge is 0.480 e. The number of aliphatic carboxylic acids is 1. The molecule has 6 heteroatoms. The Bertz CT molecular complexity index is 354. The predicted molar refractivity (Wildman–Crippen MR) is 68.5 cm³/mol. The van der Waals surface area contributed by atoms with Crippen LogP contribution in [0, 0.1) is 0 Å². The molecule has 5 nitrogen and oxygen atoms in total. The fourth-order valence-corrected chi connectivity index (χ4v) is 2.12. The number of hydrogen-bond donors (Lipinski definition) is 2. The molecule has 96 valence electrons. The highest BCUT2D eigenvalue weighted by Crippen LogP contribution is 2.15. The molecule has 0 radical (unpaired) electrons. The van der Waals surface area contributed by atoms with Crippen molar-refractivity contribution in [2.24, 2.45) is 0 Å². The molecule has 0 bridgehead atoms. The molecule has 0 aromatic carbocycles. The lowest BCUT2D eigenvalue weighted by Crippen LogP contribution is -2.29. The molecule has 1 aromatic rings. The molecule has 1 aromatic heterocycles. The lowest BCUT2D eigenvalue weighted by atomic mass is 10.1. The minimum absolute atomic E-state index is 0.558. The maximum atomic E-state index is 11.0. The van der Waals surface area contributed by atoms with Gasteiger partial charge in [0.2, 0.25) is 5.13 Å². The van der Waals surface area contributed by atoms with Crippen LogP contribution < -0.4 is 5.32 Å². The van der Waals surface area contributed by atoms with Crippen molar-refractivity contribution in [3.63, 3.8) is 0 Å². The molecule has 0 amide bonds. The van der Waals surface area contributed by atoms with Crippen LogP contribution in [0.1, 0.15) is 45.4 Å². The number of unbranched alkanes of at least 4 members (excludes halogenated alkanes) is 1. The molecular formula is C11H19N3O2S. The average Bonchev–Trinajstić information content (AvgIpc) is 2.72. The number of rotatable bonds is 8. The monoisotopic (exact) mass is 257 g/mol. The van der Waals surface area contributed by atoms with Crippen molar-refractivity contribution >= 4 is 22.6 Å². The second-order valence-corrected chi connectivity index (χ2v) is 4.69. The third-order valence-corrected chi connectivity index (χ3v) is 3.07. The first-order chi connectivity index (χ1) is 8.17. The van der Waals surface area contributed by atoms with E-state index in [-0.39, 0.29) is 0 Å². The fraction of sp³-hybridized carbons (Fsp3) is 0.727. The Hall–Kier alpha value is -1.17. The quantitative estimate of drug-likeness (QED) is 0.748. The zero-order chi connectivity index (χ0) is 12.7. The number of carboxylic acids is 1. The van der Waals surface area contributed by atoms with Crippen molar-refractivity contribution in [2.45, 2.75) is 52.0 Å². The summed E-state index contributed by atoms with van der Waals surface area (Å²) in [6.07, 6.45) is 4.33. The van der Waals surface area contributed by atoms with Gasteiger partial charge in [-0.05, 0) is 12.8 Å². The van der Waals surface area contributed by atoms with Crippen molar-refractivity contribution < 1.29 is 9.90 Å². The summed E-state index contributed by atoms with van der Waals surface area (Å²) in [6.45, 7) is 4.11. The van der Waals surface area contributed by atoms with E-state index in [1.54, 1.807) is 0 Å². The van der Waals surface area contributed by atoms with Crippen LogP contribution in [0.3, 0.4) is 0 Å². The molecule has 2 N–H and O–H groups in total. The fourth-order valence-electron chi connectivity index (χ4n) is 1.45. The molecule has 0 saturated heterocycles. The zero-order valence-electron chi connectivity index (χ0n) is 10.3. The van der Waals surface area contributed by atoms with Gasteiger partial charge in [-0.1, -0.05) is 26.7 Å². The van der Waals surface area contributed by atoms with Crippen molar-refractivity contribution in [3.8, 4) is 0 Å². The van der Waals surface area contributed by atoms with Crippen LogP contribution in [0.25, 0.3) is 0 Å². The number of carbonyl (C=O) groups is 1. The molecule has 0 aliphatic rings. The molecule has 1 unspecified atom stereocenters. The summed E-state index contributed by atoms with van der Waals surface area (Å²) >= 11 is 1.23. The first-order valence-corrected chi connectivity index (χ1v) is 6.76. The molecule has 0 spiro atoms. The maximum Gasteiger partial charge on any atom is 0.326 e. The van der Waals surface area contributed by atoms with E-state index in [9.17, 15) is 4.79 Å². The first kappa shape index (κ1) is 13.9. The third-order valence-electron chi connectivity index (χ3n) is 2.38. The maximum absolute atomic E-state index is 11.0. The van der Waals surface area contributed by atoms with E-state index in [1.165, 1.54) is 11.5 Å². The predicted octanol–water partition coefficient (Wildman–Crippen LogP) is 2.55. The molecule has 1 atom stereocenters. The Labute approximate surface area is 105 Å². The van der Waals surface area contributed by atoms with E-state index >= 15 is 0 Å². The number of hydrogen-bond acceptors (Lipinski definition) is 5. The summed E-state index contributed by atoms with van der Waals surface area (Å²) in [6, 6.07) is -0.558. The summed E-state index contributed by atoms with van der Waals surface area (Å²) in [4.78, 5) is 15.3. The van der Waals surface area contributed by atoms with Crippen LogP contribution in [0.2, 0.25) is 0 Å². The van der Waals surface area contributed by atoms with Gasteiger partial charge in [0, 0.05) is 18.0 Å². The first-order valence-electron chi connectivity index (χ1n) is 5.99. The Morgan fingerprint density at radius 3 is 2.82 bits per heavy atom. The summed E-state index contributed by atoms with van der Waals surface area (Å²) in [5.41, 5.74) is 0. The van der Waals surface area contributed by atoms with Crippen LogP contribution in [0.4, 0.5) is 5.13 Å².